The van der Waals surface area contributed by atoms with Crippen LogP contribution in [0.1, 0.15) is 20.8 Å². The van der Waals surface area contributed by atoms with Gasteiger partial charge in [-0.2, -0.15) is 0 Å². The van der Waals surface area contributed by atoms with Gasteiger partial charge in [0.2, 0.25) is 11.9 Å². The zero-order valence-electron chi connectivity index (χ0n) is 8.21. The van der Waals surface area contributed by atoms with E-state index < -0.39 is 23.8 Å². The predicted octanol–water partition coefficient (Wildman–Crippen LogP) is -0.0891. The molecule has 1 rings (SSSR count). The van der Waals surface area contributed by atoms with E-state index in [4.69, 9.17) is 0 Å². The third-order valence-corrected chi connectivity index (χ3v) is 2.00. The molecule has 1 unspecified atom stereocenters. The van der Waals surface area contributed by atoms with Gasteiger partial charge in [-0.15, -0.1) is 0 Å². The number of carbonyl (C=O) groups is 3. The number of nitrogens with one attached hydrogen (secondary N) is 1. The molecule has 1 aliphatic heterocycles. The van der Waals surface area contributed by atoms with E-state index in [1.807, 2.05) is 0 Å². The van der Waals surface area contributed by atoms with Gasteiger partial charge in [-0.05, 0) is 13.8 Å². The summed E-state index contributed by atoms with van der Waals surface area (Å²) in [4.78, 5) is 33.4. The minimum Gasteiger partial charge on any atom is -0.444 e. The average Bonchev–Trinajstić information content (AvgIpc) is 2.09. The molecule has 1 heterocycles. The largest absolute Gasteiger partial charge is 0.444 e. The van der Waals surface area contributed by atoms with E-state index >= 15 is 0 Å². The Bertz CT molecular complexity index is 343. The number of hydrogen-bond donors (Lipinski definition) is 1. The van der Waals surface area contributed by atoms with Crippen molar-refractivity contribution >= 4 is 17.7 Å². The van der Waals surface area contributed by atoms with Crippen molar-refractivity contribution in [3.63, 3.8) is 0 Å². The van der Waals surface area contributed by atoms with E-state index in [2.05, 4.69) is 10.1 Å². The molecule has 0 spiro atoms. The Morgan fingerprint density at radius 1 is 1.36 bits per heavy atom. The Kier molecular flexibility index (Phi) is 2.69. The maximum atomic E-state index is 11.5. The maximum Gasteiger partial charge on any atom is 0.303 e. The van der Waals surface area contributed by atoms with E-state index in [0.29, 0.717) is 11.3 Å². The van der Waals surface area contributed by atoms with Gasteiger partial charge in [0, 0.05) is 18.2 Å². The Labute approximate surface area is 81.1 Å². The molecule has 0 fully saturated rings. The van der Waals surface area contributed by atoms with Crippen LogP contribution < -0.4 is 5.32 Å². The van der Waals surface area contributed by atoms with Gasteiger partial charge in [-0.25, -0.2) is 0 Å². The lowest BCUT2D eigenvalue weighted by Gasteiger charge is -2.22. The molecule has 5 nitrogen and oxygen atoms in total. The van der Waals surface area contributed by atoms with E-state index in [9.17, 15) is 14.4 Å². The lowest BCUT2D eigenvalue weighted by atomic mass is 10.0. The van der Waals surface area contributed by atoms with Crippen LogP contribution in [0.25, 0.3) is 0 Å². The summed E-state index contributed by atoms with van der Waals surface area (Å²) < 4.78 is 4.60. The molecule has 0 saturated carbocycles. The first-order valence-corrected chi connectivity index (χ1v) is 4.13. The van der Waals surface area contributed by atoms with Gasteiger partial charge >= 0.3 is 5.97 Å². The highest BCUT2D eigenvalue weighted by molar-refractivity contribution is 6.16. The van der Waals surface area contributed by atoms with Crippen LogP contribution in [0, 0.1) is 0 Å². The Hall–Kier alpha value is -1.65. The first kappa shape index (κ1) is 10.4. The summed E-state index contributed by atoms with van der Waals surface area (Å²) in [6.07, 6.45) is -1.32. The normalized spacial score (nSPS) is 22.1. The molecule has 1 aliphatic rings. The van der Waals surface area contributed by atoms with Crippen LogP contribution >= 0.6 is 0 Å². The minimum atomic E-state index is -1.32. The Balaban J connectivity index is 2.94. The molecule has 0 aromatic carbocycles. The summed E-state index contributed by atoms with van der Waals surface area (Å²) in [5.41, 5.74) is 0.916. The number of esters is 1. The lowest BCUT2D eigenvalue weighted by molar-refractivity contribution is -0.158. The molecule has 76 valence electrons. The average molecular weight is 197 g/mol. The number of amides is 1. The van der Waals surface area contributed by atoms with Crippen molar-refractivity contribution in [3.8, 4) is 0 Å². The van der Waals surface area contributed by atoms with Gasteiger partial charge < -0.3 is 10.1 Å². The maximum absolute atomic E-state index is 11.5. The summed E-state index contributed by atoms with van der Waals surface area (Å²) in [5, 5.41) is 2.46. The smallest absolute Gasteiger partial charge is 0.303 e. The number of carbonyl (C=O) groups excluding carboxylic acids is 3. The molecule has 0 saturated heterocycles. The highest BCUT2D eigenvalue weighted by Gasteiger charge is 2.35. The molecule has 1 N–H and O–H groups in total. The summed E-state index contributed by atoms with van der Waals surface area (Å²) in [6.45, 7) is 4.35. The van der Waals surface area contributed by atoms with Gasteiger partial charge in [0.05, 0.1) is 0 Å². The zero-order chi connectivity index (χ0) is 10.9. The number of Topliss-reactive ketones (excluding diaryl/α,β-unsaturated/α-hetero) is 1. The Morgan fingerprint density at radius 2 is 1.93 bits per heavy atom. The van der Waals surface area contributed by atoms with Gasteiger partial charge in [0.25, 0.3) is 5.91 Å². The van der Waals surface area contributed by atoms with E-state index in [1.165, 1.54) is 0 Å². The van der Waals surface area contributed by atoms with Crippen molar-refractivity contribution in [1.29, 1.82) is 0 Å². The monoisotopic (exact) mass is 197 g/mol. The van der Waals surface area contributed by atoms with Crippen LogP contribution in [0.3, 0.4) is 0 Å². The van der Waals surface area contributed by atoms with Crippen molar-refractivity contribution in [2.24, 2.45) is 0 Å². The molecular weight excluding hydrogens is 186 g/mol. The molecule has 0 aromatic heterocycles. The van der Waals surface area contributed by atoms with Gasteiger partial charge in [-0.3, -0.25) is 14.4 Å². The van der Waals surface area contributed by atoms with Gasteiger partial charge in [0.15, 0.2) is 0 Å². The quantitative estimate of drug-likeness (QED) is 0.471. The summed E-state index contributed by atoms with van der Waals surface area (Å²) in [5.74, 6) is -1.69. The van der Waals surface area contributed by atoms with Crippen LogP contribution in [0.15, 0.2) is 11.3 Å². The van der Waals surface area contributed by atoms with E-state index in [1.54, 1.807) is 13.8 Å². The van der Waals surface area contributed by atoms with Crippen molar-refractivity contribution in [1.82, 2.24) is 5.32 Å². The first-order chi connectivity index (χ1) is 6.43. The number of allylic oxidation sites excluding steroid dienone is 1. The molecule has 0 aromatic rings. The first-order valence-electron chi connectivity index (χ1n) is 4.13. The van der Waals surface area contributed by atoms with Crippen LogP contribution in [0.2, 0.25) is 0 Å². The summed E-state index contributed by atoms with van der Waals surface area (Å²) in [7, 11) is 0. The van der Waals surface area contributed by atoms with Crippen LogP contribution in [-0.4, -0.2) is 23.8 Å². The molecular formula is C9H11NO4. The molecule has 0 radical (unpaired) electrons. The predicted molar refractivity (Wildman–Crippen MR) is 47.1 cm³/mol. The molecule has 5 heteroatoms. The van der Waals surface area contributed by atoms with Crippen LogP contribution in [0.4, 0.5) is 0 Å². The summed E-state index contributed by atoms with van der Waals surface area (Å²) in [6, 6.07) is 0. The van der Waals surface area contributed by atoms with Gasteiger partial charge in [0.1, 0.15) is 0 Å². The highest BCUT2D eigenvalue weighted by atomic mass is 16.5. The van der Waals surface area contributed by atoms with Crippen LogP contribution in [-0.2, 0) is 19.1 Å². The highest BCUT2D eigenvalue weighted by Crippen LogP contribution is 2.13. The number of ether oxygens (including phenoxy) is 1. The molecule has 1 amide bonds. The van der Waals surface area contributed by atoms with E-state index in [0.717, 1.165) is 6.92 Å². The van der Waals surface area contributed by atoms with Crippen molar-refractivity contribution in [2.45, 2.75) is 26.9 Å². The van der Waals surface area contributed by atoms with E-state index in [-0.39, 0.29) is 0 Å². The lowest BCUT2D eigenvalue weighted by Crippen LogP contribution is -2.46. The third kappa shape index (κ3) is 1.81. The molecule has 14 heavy (non-hydrogen) atoms. The van der Waals surface area contributed by atoms with Crippen molar-refractivity contribution in [2.75, 3.05) is 0 Å². The fraction of sp³-hybridized carbons (Fsp3) is 0.444. The SMILES string of the molecule is CC(=O)OC1C(=O)NC(C)=C(C)C1=O. The third-order valence-electron chi connectivity index (χ3n) is 2.00. The standard InChI is InChI=1S/C9H11NO4/c1-4-5(2)10-9(13)8(7(4)12)14-6(3)11/h8H,1-3H3,(H,10,13). The molecule has 0 aliphatic carbocycles. The van der Waals surface area contributed by atoms with Crippen molar-refractivity contribution < 1.29 is 19.1 Å². The topological polar surface area (TPSA) is 72.5 Å². The number of ketones is 1. The fourth-order valence-corrected chi connectivity index (χ4v) is 1.12. The second-order valence-electron chi connectivity index (χ2n) is 3.09. The second kappa shape index (κ2) is 3.61. The van der Waals surface area contributed by atoms with Crippen molar-refractivity contribution in [3.05, 3.63) is 11.3 Å². The minimum absolute atomic E-state index is 0.413. The summed E-state index contributed by atoms with van der Waals surface area (Å²) >= 11 is 0. The zero-order valence-corrected chi connectivity index (χ0v) is 8.21. The number of rotatable bonds is 1. The van der Waals surface area contributed by atoms with Gasteiger partial charge in [-0.1, -0.05) is 0 Å². The Morgan fingerprint density at radius 3 is 2.43 bits per heavy atom. The van der Waals surface area contributed by atoms with Crippen LogP contribution in [0.5, 0.6) is 0 Å². The second-order valence-corrected chi connectivity index (χ2v) is 3.09. The molecule has 0 bridgehead atoms. The molecule has 1 atom stereocenters. The number of hydrogen-bond acceptors (Lipinski definition) is 4. The fourth-order valence-electron chi connectivity index (χ4n) is 1.12.